The van der Waals surface area contributed by atoms with Gasteiger partial charge in [0.1, 0.15) is 5.69 Å². The average molecular weight is 422 g/mol. The number of benzene rings is 2. The van der Waals surface area contributed by atoms with E-state index in [9.17, 15) is 14.4 Å². The molecule has 0 unspecified atom stereocenters. The second kappa shape index (κ2) is 9.99. The average Bonchev–Trinajstić information content (AvgIpc) is 3.21. The lowest BCUT2D eigenvalue weighted by molar-refractivity contribution is -0.131. The number of nitrogens with zero attached hydrogens (tertiary/aromatic N) is 1. The minimum Gasteiger partial charge on any atom is -0.478 e. The zero-order chi connectivity index (χ0) is 21.3. The highest BCUT2D eigenvalue weighted by Crippen LogP contribution is 2.17. The molecule has 1 heterocycles. The Labute approximate surface area is 176 Å². The Kier molecular flexibility index (Phi) is 6.91. The number of carboxylic acid groups (broad SMARTS) is 1. The van der Waals surface area contributed by atoms with Gasteiger partial charge in [0.05, 0.1) is 0 Å². The molecule has 0 aliphatic rings. The number of carbonyl (C=O) groups excluding carboxylic acids is 2. The molecule has 0 saturated carbocycles. The highest BCUT2D eigenvalue weighted by atomic mass is 32.1. The third kappa shape index (κ3) is 6.28. The molecule has 1 aromatic heterocycles. The topological polar surface area (TPSA) is 120 Å². The molecule has 9 heteroatoms. The third-order valence-corrected chi connectivity index (χ3v) is 4.60. The summed E-state index contributed by atoms with van der Waals surface area (Å²) in [5.74, 6) is -1.45. The van der Waals surface area contributed by atoms with Crippen molar-refractivity contribution in [1.82, 2.24) is 10.3 Å². The van der Waals surface area contributed by atoms with Gasteiger partial charge in [0.25, 0.3) is 5.91 Å². The second-order valence-corrected chi connectivity index (χ2v) is 6.94. The van der Waals surface area contributed by atoms with Gasteiger partial charge in [-0.2, -0.15) is 0 Å². The summed E-state index contributed by atoms with van der Waals surface area (Å²) in [5, 5.41) is 18.5. The smallest absolute Gasteiger partial charge is 0.328 e. The van der Waals surface area contributed by atoms with Gasteiger partial charge < -0.3 is 15.7 Å². The van der Waals surface area contributed by atoms with Crippen molar-refractivity contribution in [2.24, 2.45) is 0 Å². The van der Waals surface area contributed by atoms with E-state index in [2.05, 4.69) is 20.9 Å². The van der Waals surface area contributed by atoms with Gasteiger partial charge in [-0.15, -0.1) is 11.3 Å². The van der Waals surface area contributed by atoms with E-state index in [0.717, 1.165) is 23.0 Å². The van der Waals surface area contributed by atoms with Crippen LogP contribution in [-0.2, 0) is 11.3 Å². The molecule has 0 atom stereocenters. The number of hydrogen-bond acceptors (Lipinski definition) is 5. The van der Waals surface area contributed by atoms with E-state index >= 15 is 0 Å². The summed E-state index contributed by atoms with van der Waals surface area (Å²) in [6.45, 7) is 0.378. The van der Waals surface area contributed by atoms with E-state index < -0.39 is 17.9 Å². The molecule has 0 aliphatic carbocycles. The summed E-state index contributed by atoms with van der Waals surface area (Å²) in [7, 11) is 0. The van der Waals surface area contributed by atoms with Crippen LogP contribution in [0, 0.1) is 0 Å². The van der Waals surface area contributed by atoms with Crippen LogP contribution < -0.4 is 16.0 Å². The first kappa shape index (κ1) is 20.7. The van der Waals surface area contributed by atoms with Crippen LogP contribution in [-0.4, -0.2) is 28.0 Å². The Hall–Kier alpha value is -3.98. The number of aliphatic carboxylic acids is 1. The first-order valence-corrected chi connectivity index (χ1v) is 9.74. The van der Waals surface area contributed by atoms with E-state index in [0.29, 0.717) is 22.9 Å². The summed E-state index contributed by atoms with van der Waals surface area (Å²) < 4.78 is 0. The number of rotatable bonds is 7. The first-order chi connectivity index (χ1) is 14.5. The SMILES string of the molecule is O=C(O)C=Cc1ccc(NC(=O)c2csc(NC(=O)NCc3ccccc3)n2)cc1. The number of urea groups is 1. The predicted octanol–water partition coefficient (Wildman–Crippen LogP) is 3.81. The van der Waals surface area contributed by atoms with Gasteiger partial charge in [-0.05, 0) is 29.3 Å². The molecule has 0 bridgehead atoms. The van der Waals surface area contributed by atoms with Gasteiger partial charge in [0.2, 0.25) is 0 Å². The quantitative estimate of drug-likeness (QED) is 0.432. The lowest BCUT2D eigenvalue weighted by Gasteiger charge is -2.05. The van der Waals surface area contributed by atoms with Crippen LogP contribution in [0.4, 0.5) is 15.6 Å². The maximum Gasteiger partial charge on any atom is 0.328 e. The van der Waals surface area contributed by atoms with E-state index in [1.54, 1.807) is 29.6 Å². The lowest BCUT2D eigenvalue weighted by atomic mass is 10.2. The van der Waals surface area contributed by atoms with Crippen molar-refractivity contribution < 1.29 is 19.5 Å². The van der Waals surface area contributed by atoms with Crippen LogP contribution in [0.15, 0.2) is 66.1 Å². The molecule has 4 N–H and O–H groups in total. The van der Waals surface area contributed by atoms with Gasteiger partial charge in [0.15, 0.2) is 5.13 Å². The monoisotopic (exact) mass is 422 g/mol. The molecule has 0 fully saturated rings. The molecule has 8 nitrogen and oxygen atoms in total. The molecule has 0 saturated heterocycles. The van der Waals surface area contributed by atoms with Crippen molar-refractivity contribution in [1.29, 1.82) is 0 Å². The van der Waals surface area contributed by atoms with E-state index in [1.807, 2.05) is 30.3 Å². The highest BCUT2D eigenvalue weighted by Gasteiger charge is 2.12. The minimum absolute atomic E-state index is 0.174. The Bertz CT molecular complexity index is 1060. The van der Waals surface area contributed by atoms with Crippen molar-refractivity contribution in [2.45, 2.75) is 6.54 Å². The predicted molar refractivity (Wildman–Crippen MR) is 115 cm³/mol. The number of thiazole rings is 1. The van der Waals surface area contributed by atoms with Crippen molar-refractivity contribution in [3.63, 3.8) is 0 Å². The van der Waals surface area contributed by atoms with E-state index in [4.69, 9.17) is 5.11 Å². The number of aromatic nitrogens is 1. The molecule has 0 aliphatic heterocycles. The van der Waals surface area contributed by atoms with E-state index in [1.165, 1.54) is 6.08 Å². The first-order valence-electron chi connectivity index (χ1n) is 8.86. The molecule has 0 radical (unpaired) electrons. The number of nitrogens with one attached hydrogen (secondary N) is 3. The van der Waals surface area contributed by atoms with Crippen LogP contribution in [0.25, 0.3) is 6.08 Å². The largest absolute Gasteiger partial charge is 0.478 e. The summed E-state index contributed by atoms with van der Waals surface area (Å²) in [4.78, 5) is 39.0. The molecular weight excluding hydrogens is 404 g/mol. The molecule has 3 rings (SSSR count). The second-order valence-electron chi connectivity index (χ2n) is 6.08. The zero-order valence-corrected chi connectivity index (χ0v) is 16.5. The van der Waals surface area contributed by atoms with Crippen LogP contribution in [0.5, 0.6) is 0 Å². The standard InChI is InChI=1S/C21H18N4O4S/c26-18(27)11-8-14-6-9-16(10-7-14)23-19(28)17-13-30-21(24-17)25-20(29)22-12-15-4-2-1-3-5-15/h1-11,13H,12H2,(H,23,28)(H,26,27)(H2,22,24,25,29). The normalized spacial score (nSPS) is 10.5. The van der Waals surface area contributed by atoms with Gasteiger partial charge in [-0.3, -0.25) is 10.1 Å². The molecule has 3 aromatic rings. The Morgan fingerprint density at radius 2 is 1.73 bits per heavy atom. The minimum atomic E-state index is -1.03. The highest BCUT2D eigenvalue weighted by molar-refractivity contribution is 7.14. The van der Waals surface area contributed by atoms with Gasteiger partial charge in [0, 0.05) is 23.7 Å². The summed E-state index contributed by atoms with van der Waals surface area (Å²) >= 11 is 1.14. The van der Waals surface area contributed by atoms with Gasteiger partial charge >= 0.3 is 12.0 Å². The maximum atomic E-state index is 12.3. The number of carbonyl (C=O) groups is 3. The number of hydrogen-bond donors (Lipinski definition) is 4. The van der Waals surface area contributed by atoms with Crippen LogP contribution in [0.1, 0.15) is 21.6 Å². The van der Waals surface area contributed by atoms with Gasteiger partial charge in [-0.1, -0.05) is 42.5 Å². The Balaban J connectivity index is 1.51. The molecular formula is C21H18N4O4S. The fourth-order valence-electron chi connectivity index (χ4n) is 2.40. The molecule has 3 amide bonds. The number of carboxylic acids is 1. The van der Waals surface area contributed by atoms with Crippen molar-refractivity contribution >= 4 is 46.1 Å². The Morgan fingerprint density at radius 3 is 2.43 bits per heavy atom. The van der Waals surface area contributed by atoms with Crippen LogP contribution >= 0.6 is 11.3 Å². The van der Waals surface area contributed by atoms with Crippen LogP contribution in [0.2, 0.25) is 0 Å². The fourth-order valence-corrected chi connectivity index (χ4v) is 3.08. The molecule has 0 spiro atoms. The molecule has 30 heavy (non-hydrogen) atoms. The Morgan fingerprint density at radius 1 is 1.00 bits per heavy atom. The van der Waals surface area contributed by atoms with Crippen LogP contribution in [0.3, 0.4) is 0 Å². The number of anilines is 2. The lowest BCUT2D eigenvalue weighted by Crippen LogP contribution is -2.28. The fraction of sp³-hybridized carbons (Fsp3) is 0.0476. The van der Waals surface area contributed by atoms with Gasteiger partial charge in [-0.25, -0.2) is 14.6 Å². The van der Waals surface area contributed by atoms with E-state index in [-0.39, 0.29) is 5.69 Å². The summed E-state index contributed by atoms with van der Waals surface area (Å²) in [5.41, 5.74) is 2.37. The number of amides is 3. The van der Waals surface area contributed by atoms with Crippen molar-refractivity contribution in [3.8, 4) is 0 Å². The molecule has 2 aromatic carbocycles. The summed E-state index contributed by atoms with van der Waals surface area (Å²) in [6, 6.07) is 15.7. The summed E-state index contributed by atoms with van der Waals surface area (Å²) in [6.07, 6.45) is 2.49. The van der Waals surface area contributed by atoms with Crippen molar-refractivity contribution in [3.05, 3.63) is 82.9 Å². The van der Waals surface area contributed by atoms with Crippen molar-refractivity contribution in [2.75, 3.05) is 10.6 Å². The third-order valence-electron chi connectivity index (χ3n) is 3.84. The zero-order valence-electron chi connectivity index (χ0n) is 15.7. The maximum absolute atomic E-state index is 12.3. The molecule has 152 valence electrons.